The topological polar surface area (TPSA) is 43.1 Å². The van der Waals surface area contributed by atoms with Crippen molar-refractivity contribution in [1.29, 1.82) is 0 Å². The lowest BCUT2D eigenvalue weighted by Crippen LogP contribution is -2.02. The minimum absolute atomic E-state index is 0.253. The zero-order valence-electron chi connectivity index (χ0n) is 9.12. The molecule has 1 aromatic rings. The van der Waals surface area contributed by atoms with Crippen LogP contribution in [0.15, 0.2) is 36.4 Å². The van der Waals surface area contributed by atoms with E-state index in [1.54, 1.807) is 0 Å². The number of nitrogen functional groups attached to an aromatic ring is 1. The Morgan fingerprint density at radius 3 is 2.40 bits per heavy atom. The Bertz CT molecular complexity index is 351. The Kier molecular flexibility index (Phi) is 4.10. The van der Waals surface area contributed by atoms with Gasteiger partial charge in [-0.15, -0.1) is 6.58 Å². The summed E-state index contributed by atoms with van der Waals surface area (Å²) in [6, 6.07) is 7.44. The second kappa shape index (κ2) is 5.35. The van der Waals surface area contributed by atoms with E-state index in [2.05, 4.69) is 6.58 Å². The summed E-state index contributed by atoms with van der Waals surface area (Å²) >= 11 is 0. The van der Waals surface area contributed by atoms with Gasteiger partial charge < -0.3 is 5.73 Å². The van der Waals surface area contributed by atoms with Crippen LogP contribution < -0.4 is 5.73 Å². The quantitative estimate of drug-likeness (QED) is 0.590. The zero-order chi connectivity index (χ0) is 11.3. The summed E-state index contributed by atoms with van der Waals surface area (Å²) in [6.45, 7) is 5.72. The summed E-state index contributed by atoms with van der Waals surface area (Å²) in [6.07, 6.45) is 1.86. The van der Waals surface area contributed by atoms with Gasteiger partial charge in [0.25, 0.3) is 0 Å². The first kappa shape index (κ1) is 11.5. The molecule has 0 radical (unpaired) electrons. The lowest BCUT2D eigenvalue weighted by Gasteiger charge is -2.01. The number of rotatable bonds is 5. The third kappa shape index (κ3) is 4.45. The Morgan fingerprint density at radius 1 is 1.27 bits per heavy atom. The van der Waals surface area contributed by atoms with Crippen LogP contribution in [0.1, 0.15) is 25.3 Å². The maximum Gasteiger partial charge on any atom is 0.137 e. The number of benzene rings is 1. The van der Waals surface area contributed by atoms with Crippen molar-refractivity contribution in [2.45, 2.75) is 26.2 Å². The standard InChI is InChI=1S/C13H17NO/c1-10(2)3-8-13(15)9-11-4-6-12(14)7-5-11/h4-7H,1,3,8-9,14H2,2H3. The number of allylic oxidation sites excluding steroid dienone is 1. The van der Waals surface area contributed by atoms with Crippen LogP contribution >= 0.6 is 0 Å². The van der Waals surface area contributed by atoms with Crippen LogP contribution in [0.3, 0.4) is 0 Å². The van der Waals surface area contributed by atoms with Crippen LogP contribution in [-0.4, -0.2) is 5.78 Å². The monoisotopic (exact) mass is 203 g/mol. The fraction of sp³-hybridized carbons (Fsp3) is 0.308. The van der Waals surface area contributed by atoms with E-state index in [1.807, 2.05) is 31.2 Å². The van der Waals surface area contributed by atoms with Crippen molar-refractivity contribution in [2.24, 2.45) is 0 Å². The molecule has 0 heterocycles. The average molecular weight is 203 g/mol. The molecule has 0 bridgehead atoms. The number of nitrogens with two attached hydrogens (primary N) is 1. The fourth-order valence-corrected chi connectivity index (χ4v) is 1.30. The van der Waals surface area contributed by atoms with Crippen molar-refractivity contribution in [3.05, 3.63) is 42.0 Å². The van der Waals surface area contributed by atoms with Gasteiger partial charge in [-0.1, -0.05) is 17.7 Å². The fourth-order valence-electron chi connectivity index (χ4n) is 1.30. The molecule has 1 rings (SSSR count). The zero-order valence-corrected chi connectivity index (χ0v) is 9.12. The summed E-state index contributed by atoms with van der Waals surface area (Å²) in [5.74, 6) is 0.253. The Hall–Kier alpha value is -1.57. The van der Waals surface area contributed by atoms with E-state index in [0.29, 0.717) is 12.8 Å². The van der Waals surface area contributed by atoms with Crippen LogP contribution in [0.25, 0.3) is 0 Å². The highest BCUT2D eigenvalue weighted by Gasteiger charge is 2.03. The van der Waals surface area contributed by atoms with Gasteiger partial charge in [0.1, 0.15) is 5.78 Å². The third-order valence-electron chi connectivity index (χ3n) is 2.21. The van der Waals surface area contributed by atoms with Crippen LogP contribution in [0, 0.1) is 0 Å². The summed E-state index contributed by atoms with van der Waals surface area (Å²) in [7, 11) is 0. The second-order valence-corrected chi connectivity index (χ2v) is 3.91. The maximum absolute atomic E-state index is 11.5. The van der Waals surface area contributed by atoms with E-state index in [9.17, 15) is 4.79 Å². The lowest BCUT2D eigenvalue weighted by molar-refractivity contribution is -0.118. The van der Waals surface area contributed by atoms with E-state index in [-0.39, 0.29) is 5.78 Å². The van der Waals surface area contributed by atoms with Crippen LogP contribution in [-0.2, 0) is 11.2 Å². The van der Waals surface area contributed by atoms with Crippen molar-refractivity contribution in [3.8, 4) is 0 Å². The van der Waals surface area contributed by atoms with Gasteiger partial charge in [-0.25, -0.2) is 0 Å². The predicted octanol–water partition coefficient (Wildman–Crippen LogP) is 2.74. The van der Waals surface area contributed by atoms with Crippen molar-refractivity contribution < 1.29 is 4.79 Å². The van der Waals surface area contributed by atoms with Gasteiger partial charge in [-0.3, -0.25) is 4.79 Å². The first-order chi connectivity index (χ1) is 7.08. The highest BCUT2D eigenvalue weighted by molar-refractivity contribution is 5.81. The molecular formula is C13H17NO. The summed E-state index contributed by atoms with van der Waals surface area (Å²) in [5.41, 5.74) is 8.37. The van der Waals surface area contributed by atoms with Gasteiger partial charge in [0, 0.05) is 18.5 Å². The van der Waals surface area contributed by atoms with Crippen molar-refractivity contribution in [1.82, 2.24) is 0 Å². The number of anilines is 1. The largest absolute Gasteiger partial charge is 0.399 e. The van der Waals surface area contributed by atoms with Crippen LogP contribution in [0.4, 0.5) is 5.69 Å². The molecule has 0 amide bonds. The third-order valence-corrected chi connectivity index (χ3v) is 2.21. The number of hydrogen-bond acceptors (Lipinski definition) is 2. The van der Waals surface area contributed by atoms with Gasteiger partial charge in [0.05, 0.1) is 0 Å². The van der Waals surface area contributed by atoms with Crippen LogP contribution in [0.2, 0.25) is 0 Å². The summed E-state index contributed by atoms with van der Waals surface area (Å²) < 4.78 is 0. The average Bonchev–Trinajstić information content (AvgIpc) is 2.19. The number of hydrogen-bond donors (Lipinski definition) is 1. The van der Waals surface area contributed by atoms with Crippen molar-refractivity contribution in [3.63, 3.8) is 0 Å². The highest BCUT2D eigenvalue weighted by atomic mass is 16.1. The molecule has 2 N–H and O–H groups in total. The number of carbonyl (C=O) groups excluding carboxylic acids is 1. The molecule has 15 heavy (non-hydrogen) atoms. The Morgan fingerprint density at radius 2 is 1.87 bits per heavy atom. The molecule has 0 atom stereocenters. The molecule has 0 aliphatic heterocycles. The predicted molar refractivity (Wildman–Crippen MR) is 63.6 cm³/mol. The molecule has 2 heteroatoms. The van der Waals surface area contributed by atoms with E-state index in [4.69, 9.17) is 5.73 Å². The normalized spacial score (nSPS) is 9.93. The molecule has 0 spiro atoms. The van der Waals surface area contributed by atoms with Gasteiger partial charge in [-0.05, 0) is 31.0 Å². The summed E-state index contributed by atoms with van der Waals surface area (Å²) in [4.78, 5) is 11.5. The number of Topliss-reactive ketones (excluding diaryl/α,β-unsaturated/α-hetero) is 1. The molecule has 0 fully saturated rings. The van der Waals surface area contributed by atoms with E-state index in [0.717, 1.165) is 23.2 Å². The molecule has 0 aliphatic carbocycles. The maximum atomic E-state index is 11.5. The molecule has 80 valence electrons. The van der Waals surface area contributed by atoms with Gasteiger partial charge >= 0.3 is 0 Å². The van der Waals surface area contributed by atoms with Gasteiger partial charge in [0.2, 0.25) is 0 Å². The highest BCUT2D eigenvalue weighted by Crippen LogP contribution is 2.09. The molecule has 0 aromatic heterocycles. The SMILES string of the molecule is C=C(C)CCC(=O)Cc1ccc(N)cc1. The smallest absolute Gasteiger partial charge is 0.137 e. The molecule has 0 aliphatic rings. The molecular weight excluding hydrogens is 186 g/mol. The molecule has 0 saturated carbocycles. The second-order valence-electron chi connectivity index (χ2n) is 3.91. The first-order valence-electron chi connectivity index (χ1n) is 5.08. The van der Waals surface area contributed by atoms with E-state index in [1.165, 1.54) is 0 Å². The van der Waals surface area contributed by atoms with E-state index < -0.39 is 0 Å². The Balaban J connectivity index is 2.44. The minimum Gasteiger partial charge on any atom is -0.399 e. The van der Waals surface area contributed by atoms with Crippen molar-refractivity contribution >= 4 is 11.5 Å². The number of carbonyl (C=O) groups is 1. The first-order valence-corrected chi connectivity index (χ1v) is 5.08. The van der Waals surface area contributed by atoms with Crippen LogP contribution in [0.5, 0.6) is 0 Å². The molecule has 0 unspecified atom stereocenters. The molecule has 0 saturated heterocycles. The van der Waals surface area contributed by atoms with E-state index >= 15 is 0 Å². The van der Waals surface area contributed by atoms with Gasteiger partial charge in [-0.2, -0.15) is 0 Å². The molecule has 2 nitrogen and oxygen atoms in total. The Labute approximate surface area is 90.8 Å². The lowest BCUT2D eigenvalue weighted by atomic mass is 10.0. The number of ketones is 1. The van der Waals surface area contributed by atoms with Gasteiger partial charge in [0.15, 0.2) is 0 Å². The summed E-state index contributed by atoms with van der Waals surface area (Å²) in [5, 5.41) is 0. The molecule has 1 aromatic carbocycles. The minimum atomic E-state index is 0.253. The van der Waals surface area contributed by atoms with Crippen molar-refractivity contribution in [2.75, 3.05) is 5.73 Å².